The van der Waals surface area contributed by atoms with Crippen molar-refractivity contribution in [3.05, 3.63) is 59.8 Å². The van der Waals surface area contributed by atoms with Gasteiger partial charge in [-0.25, -0.2) is 4.68 Å². The predicted octanol–water partition coefficient (Wildman–Crippen LogP) is 3.79. The first-order valence-electron chi connectivity index (χ1n) is 5.85. The Hall–Kier alpha value is -2.12. The first-order valence-corrected chi connectivity index (χ1v) is 6.98. The van der Waals surface area contributed by atoms with Gasteiger partial charge in [-0.2, -0.15) is 10.4 Å². The summed E-state index contributed by atoms with van der Waals surface area (Å²) in [6, 6.07) is 16.0. The van der Waals surface area contributed by atoms with E-state index in [1.165, 1.54) is 0 Å². The zero-order chi connectivity index (χ0) is 13.2. The van der Waals surface area contributed by atoms with E-state index in [0.717, 1.165) is 27.5 Å². The lowest BCUT2D eigenvalue weighted by atomic mass is 10.1. The number of aromatic nitrogens is 2. The van der Waals surface area contributed by atoms with E-state index in [1.807, 2.05) is 53.3 Å². The van der Waals surface area contributed by atoms with Crippen LogP contribution in [0, 0.1) is 11.3 Å². The van der Waals surface area contributed by atoms with Gasteiger partial charge in [0, 0.05) is 10.7 Å². The van der Waals surface area contributed by atoms with Crippen LogP contribution in [-0.4, -0.2) is 9.78 Å². The van der Waals surface area contributed by atoms with Gasteiger partial charge in [0.05, 0.1) is 23.0 Å². The van der Waals surface area contributed by atoms with Crippen LogP contribution in [0.3, 0.4) is 0 Å². The van der Waals surface area contributed by atoms with Crippen LogP contribution in [0.15, 0.2) is 48.7 Å². The molecule has 3 aromatic rings. The van der Waals surface area contributed by atoms with Gasteiger partial charge >= 0.3 is 0 Å². The van der Waals surface area contributed by atoms with Crippen LogP contribution in [0.4, 0.5) is 0 Å². The lowest BCUT2D eigenvalue weighted by molar-refractivity contribution is 0.906. The van der Waals surface area contributed by atoms with Crippen molar-refractivity contribution in [2.24, 2.45) is 0 Å². The normalized spacial score (nSPS) is 10.5. The molecule has 1 heterocycles. The number of hydrogen-bond donors (Lipinski definition) is 0. The molecule has 0 spiro atoms. The summed E-state index contributed by atoms with van der Waals surface area (Å²) in [5.41, 5.74) is 3.53. The third-order valence-corrected chi connectivity index (χ3v) is 3.69. The SMILES string of the molecule is N#Cc1cc(CBr)ccc1-n1ncc2ccccc21. The zero-order valence-electron chi connectivity index (χ0n) is 10.0. The molecule has 0 unspecified atom stereocenters. The van der Waals surface area contributed by atoms with E-state index in [0.29, 0.717) is 5.56 Å². The molecule has 0 fully saturated rings. The van der Waals surface area contributed by atoms with Crippen LogP contribution in [-0.2, 0) is 5.33 Å². The summed E-state index contributed by atoms with van der Waals surface area (Å²) in [5.74, 6) is 0. The van der Waals surface area contributed by atoms with Crippen molar-refractivity contribution in [3.8, 4) is 11.8 Å². The number of para-hydroxylation sites is 1. The second-order valence-corrected chi connectivity index (χ2v) is 4.77. The Labute approximate surface area is 119 Å². The molecular formula is C15H10BrN3. The van der Waals surface area contributed by atoms with Crippen LogP contribution in [0.25, 0.3) is 16.6 Å². The van der Waals surface area contributed by atoms with Crippen molar-refractivity contribution in [3.63, 3.8) is 0 Å². The van der Waals surface area contributed by atoms with E-state index in [4.69, 9.17) is 0 Å². The summed E-state index contributed by atoms with van der Waals surface area (Å²) in [4.78, 5) is 0. The minimum atomic E-state index is 0.630. The van der Waals surface area contributed by atoms with Crippen LogP contribution in [0.1, 0.15) is 11.1 Å². The fourth-order valence-corrected chi connectivity index (χ4v) is 2.45. The molecule has 0 saturated heterocycles. The highest BCUT2D eigenvalue weighted by Gasteiger charge is 2.09. The number of nitrogens with zero attached hydrogens (tertiary/aromatic N) is 3. The van der Waals surface area contributed by atoms with Crippen molar-refractivity contribution in [1.29, 1.82) is 5.26 Å². The summed E-state index contributed by atoms with van der Waals surface area (Å²) in [7, 11) is 0. The Bertz CT molecular complexity index is 783. The maximum Gasteiger partial charge on any atom is 0.101 e. The Morgan fingerprint density at radius 1 is 1.21 bits per heavy atom. The Morgan fingerprint density at radius 2 is 2.05 bits per heavy atom. The lowest BCUT2D eigenvalue weighted by Gasteiger charge is -2.07. The van der Waals surface area contributed by atoms with Crippen molar-refractivity contribution < 1.29 is 0 Å². The number of hydrogen-bond acceptors (Lipinski definition) is 2. The summed E-state index contributed by atoms with van der Waals surface area (Å²) >= 11 is 3.40. The fraction of sp³-hybridized carbons (Fsp3) is 0.0667. The van der Waals surface area contributed by atoms with E-state index >= 15 is 0 Å². The Kier molecular flexibility index (Phi) is 3.06. The summed E-state index contributed by atoms with van der Waals surface area (Å²) < 4.78 is 1.81. The topological polar surface area (TPSA) is 41.6 Å². The second kappa shape index (κ2) is 4.87. The van der Waals surface area contributed by atoms with Gasteiger partial charge in [-0.05, 0) is 23.8 Å². The van der Waals surface area contributed by atoms with Crippen molar-refractivity contribution >= 4 is 26.8 Å². The van der Waals surface area contributed by atoms with E-state index < -0.39 is 0 Å². The highest BCUT2D eigenvalue weighted by atomic mass is 79.9. The number of alkyl halides is 1. The molecule has 3 nitrogen and oxygen atoms in total. The highest BCUT2D eigenvalue weighted by Crippen LogP contribution is 2.22. The molecule has 0 amide bonds. The van der Waals surface area contributed by atoms with Gasteiger partial charge in [0.2, 0.25) is 0 Å². The summed E-state index contributed by atoms with van der Waals surface area (Å²) in [5, 5.41) is 15.5. The van der Waals surface area contributed by atoms with Crippen molar-refractivity contribution in [1.82, 2.24) is 9.78 Å². The van der Waals surface area contributed by atoms with Crippen LogP contribution >= 0.6 is 15.9 Å². The standard InChI is InChI=1S/C15H10BrN3/c16-8-11-5-6-15(13(7-11)9-17)19-14-4-2-1-3-12(14)10-18-19/h1-7,10H,8H2. The highest BCUT2D eigenvalue weighted by molar-refractivity contribution is 9.08. The maximum atomic E-state index is 9.30. The third-order valence-electron chi connectivity index (χ3n) is 3.04. The van der Waals surface area contributed by atoms with Crippen LogP contribution < -0.4 is 0 Å². The van der Waals surface area contributed by atoms with E-state index in [-0.39, 0.29) is 0 Å². The van der Waals surface area contributed by atoms with Gasteiger partial charge in [-0.1, -0.05) is 40.2 Å². The van der Waals surface area contributed by atoms with E-state index in [9.17, 15) is 5.26 Å². The minimum absolute atomic E-state index is 0.630. The largest absolute Gasteiger partial charge is 0.232 e. The molecule has 0 radical (unpaired) electrons. The van der Waals surface area contributed by atoms with Gasteiger partial charge in [0.25, 0.3) is 0 Å². The van der Waals surface area contributed by atoms with Crippen LogP contribution in [0.2, 0.25) is 0 Å². The molecule has 0 aliphatic rings. The minimum Gasteiger partial charge on any atom is -0.232 e. The maximum absolute atomic E-state index is 9.30. The van der Waals surface area contributed by atoms with Gasteiger partial charge in [-0.3, -0.25) is 0 Å². The van der Waals surface area contributed by atoms with Crippen molar-refractivity contribution in [2.45, 2.75) is 5.33 Å². The predicted molar refractivity (Wildman–Crippen MR) is 78.4 cm³/mol. The van der Waals surface area contributed by atoms with Gasteiger partial charge in [0.15, 0.2) is 0 Å². The Balaban J connectivity index is 2.25. The average molecular weight is 312 g/mol. The molecule has 0 saturated carbocycles. The molecule has 19 heavy (non-hydrogen) atoms. The van der Waals surface area contributed by atoms with Crippen LogP contribution in [0.5, 0.6) is 0 Å². The molecule has 4 heteroatoms. The average Bonchev–Trinajstić information content (AvgIpc) is 2.90. The van der Waals surface area contributed by atoms with E-state index in [2.05, 4.69) is 27.1 Å². The molecule has 1 aromatic heterocycles. The first-order chi connectivity index (χ1) is 9.33. The lowest BCUT2D eigenvalue weighted by Crippen LogP contribution is -1.99. The fourth-order valence-electron chi connectivity index (χ4n) is 2.10. The Morgan fingerprint density at radius 3 is 2.84 bits per heavy atom. The summed E-state index contributed by atoms with van der Waals surface area (Å²) in [6.07, 6.45) is 1.81. The second-order valence-electron chi connectivity index (χ2n) is 4.21. The molecule has 92 valence electrons. The molecule has 0 N–H and O–H groups in total. The third kappa shape index (κ3) is 2.02. The quantitative estimate of drug-likeness (QED) is 0.676. The molecule has 0 aliphatic heterocycles. The molecule has 0 aliphatic carbocycles. The summed E-state index contributed by atoms with van der Waals surface area (Å²) in [6.45, 7) is 0. The van der Waals surface area contributed by atoms with Gasteiger partial charge in [0.1, 0.15) is 6.07 Å². The number of rotatable bonds is 2. The first kappa shape index (κ1) is 11.9. The number of fused-ring (bicyclic) bond motifs is 1. The zero-order valence-corrected chi connectivity index (χ0v) is 11.6. The molecule has 2 aromatic carbocycles. The van der Waals surface area contributed by atoms with E-state index in [1.54, 1.807) is 0 Å². The van der Waals surface area contributed by atoms with Crippen molar-refractivity contribution in [2.75, 3.05) is 0 Å². The number of benzene rings is 2. The molecule has 0 atom stereocenters. The monoisotopic (exact) mass is 311 g/mol. The molecule has 0 bridgehead atoms. The molecule has 3 rings (SSSR count). The smallest absolute Gasteiger partial charge is 0.101 e. The number of halogens is 1. The molecular weight excluding hydrogens is 302 g/mol. The number of nitriles is 1. The van der Waals surface area contributed by atoms with Gasteiger partial charge in [-0.15, -0.1) is 0 Å². The van der Waals surface area contributed by atoms with Gasteiger partial charge < -0.3 is 0 Å².